The van der Waals surface area contributed by atoms with Crippen molar-refractivity contribution in [3.63, 3.8) is 0 Å². The van der Waals surface area contributed by atoms with E-state index in [9.17, 15) is 4.79 Å². The maximum Gasteiger partial charge on any atom is 0.260 e. The van der Waals surface area contributed by atoms with E-state index in [0.717, 1.165) is 16.3 Å². The van der Waals surface area contributed by atoms with Crippen LogP contribution in [0.1, 0.15) is 5.69 Å². The van der Waals surface area contributed by atoms with E-state index < -0.39 is 0 Å². The van der Waals surface area contributed by atoms with Crippen molar-refractivity contribution in [1.29, 1.82) is 0 Å². The smallest absolute Gasteiger partial charge is 0.260 e. The average molecular weight is 380 g/mol. The molecule has 0 saturated heterocycles. The molecule has 0 saturated carbocycles. The van der Waals surface area contributed by atoms with Gasteiger partial charge >= 0.3 is 0 Å². The van der Waals surface area contributed by atoms with Gasteiger partial charge in [-0.3, -0.25) is 4.79 Å². The number of ether oxygens (including phenoxy) is 1. The fourth-order valence-electron chi connectivity index (χ4n) is 2.46. The number of hydrogen-bond acceptors (Lipinski definition) is 7. The lowest BCUT2D eigenvalue weighted by molar-refractivity contribution is -0.132. The molecule has 4 aromatic rings. The lowest BCUT2D eigenvalue weighted by Gasteiger charge is -2.16. The van der Waals surface area contributed by atoms with Crippen LogP contribution < -0.4 is 4.74 Å². The topological polar surface area (TPSA) is 85.5 Å². The molecule has 0 bridgehead atoms. The highest BCUT2D eigenvalue weighted by molar-refractivity contribution is 7.13. The van der Waals surface area contributed by atoms with Gasteiger partial charge in [-0.2, -0.15) is 4.52 Å². The van der Waals surface area contributed by atoms with Gasteiger partial charge in [-0.1, -0.05) is 30.3 Å². The largest absolute Gasteiger partial charge is 0.467 e. The van der Waals surface area contributed by atoms with Crippen LogP contribution in [0.15, 0.2) is 54.2 Å². The van der Waals surface area contributed by atoms with E-state index in [1.165, 1.54) is 10.8 Å². The van der Waals surface area contributed by atoms with Crippen LogP contribution in [0.4, 0.5) is 0 Å². The van der Waals surface area contributed by atoms with E-state index in [1.807, 2.05) is 35.7 Å². The molecule has 0 unspecified atom stereocenters. The van der Waals surface area contributed by atoms with Gasteiger partial charge in [0, 0.05) is 24.1 Å². The third-order valence-corrected chi connectivity index (χ3v) is 4.82. The molecule has 1 amide bonds. The van der Waals surface area contributed by atoms with Crippen LogP contribution in [0, 0.1) is 0 Å². The zero-order valence-corrected chi connectivity index (χ0v) is 15.3. The van der Waals surface area contributed by atoms with Gasteiger partial charge in [0.15, 0.2) is 12.3 Å². The Bertz CT molecular complexity index is 1060. The van der Waals surface area contributed by atoms with Crippen LogP contribution in [0.3, 0.4) is 0 Å². The Morgan fingerprint density at radius 2 is 2.07 bits per heavy atom. The standard InChI is InChI=1S/C18H16N6O2S/c1-23(9-14-11-27-18(20-14)13-5-3-2-4-6-13)17(25)10-26-16-8-7-15-21-19-12-24(15)22-16/h2-8,11-12H,9-10H2,1H3. The molecule has 136 valence electrons. The molecule has 27 heavy (non-hydrogen) atoms. The summed E-state index contributed by atoms with van der Waals surface area (Å²) in [6.07, 6.45) is 1.47. The monoisotopic (exact) mass is 380 g/mol. The van der Waals surface area contributed by atoms with Gasteiger partial charge < -0.3 is 9.64 Å². The summed E-state index contributed by atoms with van der Waals surface area (Å²) in [7, 11) is 1.73. The molecule has 0 aliphatic rings. The number of rotatable bonds is 6. The normalized spacial score (nSPS) is 10.9. The van der Waals surface area contributed by atoms with Crippen molar-refractivity contribution in [2.45, 2.75) is 6.54 Å². The van der Waals surface area contributed by atoms with E-state index in [0.29, 0.717) is 18.1 Å². The summed E-state index contributed by atoms with van der Waals surface area (Å²) in [4.78, 5) is 18.5. The number of nitrogens with zero attached hydrogens (tertiary/aromatic N) is 6. The number of likely N-dealkylation sites (N-methyl/N-ethyl adjacent to an activating group) is 1. The molecule has 9 heteroatoms. The molecule has 0 spiro atoms. The summed E-state index contributed by atoms with van der Waals surface area (Å²) in [5.74, 6) is 0.180. The lowest BCUT2D eigenvalue weighted by Crippen LogP contribution is -2.31. The number of amides is 1. The minimum Gasteiger partial charge on any atom is -0.467 e. The molecule has 8 nitrogen and oxygen atoms in total. The minimum absolute atomic E-state index is 0.104. The van der Waals surface area contributed by atoms with Crippen molar-refractivity contribution in [3.8, 4) is 16.5 Å². The van der Waals surface area contributed by atoms with Crippen LogP contribution >= 0.6 is 11.3 Å². The Hall–Kier alpha value is -3.33. The minimum atomic E-state index is -0.157. The number of benzene rings is 1. The van der Waals surface area contributed by atoms with Crippen LogP contribution in [-0.4, -0.2) is 49.3 Å². The summed E-state index contributed by atoms with van der Waals surface area (Å²) in [5, 5.41) is 14.7. The molecule has 0 N–H and O–H groups in total. The molecule has 3 heterocycles. The number of hydrogen-bond donors (Lipinski definition) is 0. The predicted molar refractivity (Wildman–Crippen MR) is 100 cm³/mol. The van der Waals surface area contributed by atoms with Crippen molar-refractivity contribution < 1.29 is 9.53 Å². The highest BCUT2D eigenvalue weighted by Gasteiger charge is 2.13. The summed E-state index contributed by atoms with van der Waals surface area (Å²) in [6.45, 7) is 0.316. The fraction of sp³-hybridized carbons (Fsp3) is 0.167. The van der Waals surface area contributed by atoms with Crippen molar-refractivity contribution in [3.05, 3.63) is 59.9 Å². The summed E-state index contributed by atoms with van der Waals surface area (Å²) < 4.78 is 6.97. The zero-order valence-electron chi connectivity index (χ0n) is 14.5. The van der Waals surface area contributed by atoms with Gasteiger partial charge in [0.05, 0.1) is 12.2 Å². The van der Waals surface area contributed by atoms with Crippen molar-refractivity contribution in [2.75, 3.05) is 13.7 Å². The maximum absolute atomic E-state index is 12.3. The molecule has 0 atom stereocenters. The molecule has 1 aromatic carbocycles. The Morgan fingerprint density at radius 1 is 1.22 bits per heavy atom. The third-order valence-electron chi connectivity index (χ3n) is 3.88. The van der Waals surface area contributed by atoms with Crippen LogP contribution in [0.2, 0.25) is 0 Å². The molecule has 0 radical (unpaired) electrons. The number of aromatic nitrogens is 5. The average Bonchev–Trinajstić information content (AvgIpc) is 3.35. The molecular formula is C18H16N6O2S. The van der Waals surface area contributed by atoms with Crippen molar-refractivity contribution in [2.24, 2.45) is 0 Å². The second kappa shape index (κ2) is 7.50. The maximum atomic E-state index is 12.3. The zero-order chi connectivity index (χ0) is 18.6. The predicted octanol–water partition coefficient (Wildman–Crippen LogP) is 2.29. The quantitative estimate of drug-likeness (QED) is 0.510. The SMILES string of the molecule is CN(Cc1csc(-c2ccccc2)n1)C(=O)COc1ccc2nncn2n1. The van der Waals surface area contributed by atoms with Crippen molar-refractivity contribution in [1.82, 2.24) is 29.7 Å². The van der Waals surface area contributed by atoms with E-state index in [1.54, 1.807) is 35.4 Å². The first-order chi connectivity index (χ1) is 13.2. The van der Waals surface area contributed by atoms with Crippen LogP contribution in [-0.2, 0) is 11.3 Å². The molecule has 4 rings (SSSR count). The molecule has 3 aromatic heterocycles. The molecule has 0 fully saturated rings. The summed E-state index contributed by atoms with van der Waals surface area (Å²) in [5.41, 5.74) is 2.53. The number of thiazole rings is 1. The van der Waals surface area contributed by atoms with E-state index in [-0.39, 0.29) is 12.5 Å². The Balaban J connectivity index is 1.34. The Labute approximate surface area is 159 Å². The second-order valence-electron chi connectivity index (χ2n) is 5.85. The second-order valence-corrected chi connectivity index (χ2v) is 6.71. The number of carbonyl (C=O) groups excluding carboxylic acids is 1. The lowest BCUT2D eigenvalue weighted by atomic mass is 10.2. The fourth-order valence-corrected chi connectivity index (χ4v) is 3.27. The summed E-state index contributed by atoms with van der Waals surface area (Å²) in [6, 6.07) is 13.4. The first-order valence-corrected chi connectivity index (χ1v) is 9.11. The highest BCUT2D eigenvalue weighted by atomic mass is 32.1. The van der Waals surface area contributed by atoms with Gasteiger partial charge in [-0.25, -0.2) is 4.98 Å². The van der Waals surface area contributed by atoms with E-state index >= 15 is 0 Å². The molecular weight excluding hydrogens is 364 g/mol. The molecule has 0 aliphatic carbocycles. The van der Waals surface area contributed by atoms with Gasteiger partial charge in [-0.15, -0.1) is 26.6 Å². The van der Waals surface area contributed by atoms with E-state index in [4.69, 9.17) is 4.74 Å². The third kappa shape index (κ3) is 3.93. The van der Waals surface area contributed by atoms with Crippen LogP contribution in [0.25, 0.3) is 16.2 Å². The molecule has 0 aliphatic heterocycles. The summed E-state index contributed by atoms with van der Waals surface area (Å²) >= 11 is 1.56. The highest BCUT2D eigenvalue weighted by Crippen LogP contribution is 2.23. The first-order valence-electron chi connectivity index (χ1n) is 8.23. The number of carbonyl (C=O) groups is 1. The van der Waals surface area contributed by atoms with Crippen molar-refractivity contribution >= 4 is 22.9 Å². The number of fused-ring (bicyclic) bond motifs is 1. The first kappa shape index (κ1) is 17.1. The van der Waals surface area contributed by atoms with E-state index in [2.05, 4.69) is 20.3 Å². The van der Waals surface area contributed by atoms with Gasteiger partial charge in [-0.05, 0) is 6.07 Å². The Kier molecular flexibility index (Phi) is 4.75. The Morgan fingerprint density at radius 3 is 2.93 bits per heavy atom. The van der Waals surface area contributed by atoms with Gasteiger partial charge in [0.25, 0.3) is 5.91 Å². The van der Waals surface area contributed by atoms with Gasteiger partial charge in [0.1, 0.15) is 11.3 Å². The van der Waals surface area contributed by atoms with Crippen LogP contribution in [0.5, 0.6) is 5.88 Å². The van der Waals surface area contributed by atoms with Gasteiger partial charge in [0.2, 0.25) is 5.88 Å².